The molecule has 0 atom stereocenters. The minimum Gasteiger partial charge on any atom is -0.478 e. The topological polar surface area (TPSA) is 116 Å². The number of rotatable bonds is 5. The number of nitrogens with two attached hydrogens (primary N) is 1. The van der Waals surface area contributed by atoms with E-state index in [1.54, 1.807) is 60.7 Å². The van der Waals surface area contributed by atoms with E-state index >= 15 is 0 Å². The van der Waals surface area contributed by atoms with Gasteiger partial charge in [0, 0.05) is 21.8 Å². The van der Waals surface area contributed by atoms with Crippen molar-refractivity contribution < 1.29 is 14.7 Å². The third-order valence-electron chi connectivity index (χ3n) is 4.13. The van der Waals surface area contributed by atoms with Gasteiger partial charge in [-0.1, -0.05) is 35.9 Å². The zero-order chi connectivity index (χ0) is 20.3. The molecule has 0 aliphatic rings. The molecule has 0 radical (unpaired) electrons. The lowest BCUT2D eigenvalue weighted by Crippen LogP contribution is -2.14. The van der Waals surface area contributed by atoms with E-state index in [2.05, 4.69) is 5.32 Å². The van der Waals surface area contributed by atoms with Crippen LogP contribution in [0.3, 0.4) is 0 Å². The van der Waals surface area contributed by atoms with Crippen molar-refractivity contribution in [2.24, 2.45) is 5.73 Å². The first kappa shape index (κ1) is 19.1. The Labute approximate surface area is 166 Å². The predicted octanol–water partition coefficient (Wildman–Crippen LogP) is 4.24. The second-order valence-corrected chi connectivity index (χ2v) is 6.42. The Hall–Kier alpha value is -3.64. The van der Waals surface area contributed by atoms with Crippen LogP contribution >= 0.6 is 11.6 Å². The first-order chi connectivity index (χ1) is 13.4. The van der Waals surface area contributed by atoms with Gasteiger partial charge in [-0.2, -0.15) is 0 Å². The third-order valence-corrected chi connectivity index (χ3v) is 4.36. The van der Waals surface area contributed by atoms with Crippen LogP contribution in [-0.4, -0.2) is 22.8 Å². The molecule has 3 aromatic rings. The summed E-state index contributed by atoms with van der Waals surface area (Å²) in [4.78, 5) is 24.4. The molecule has 0 bridgehead atoms. The molecule has 0 heterocycles. The number of anilines is 1. The smallest absolute Gasteiger partial charge is 0.336 e. The number of amidine groups is 1. The molecule has 0 unspecified atom stereocenters. The number of nitrogen functional groups attached to an aromatic ring is 1. The number of carboxylic acids is 1. The molecule has 6 nitrogen and oxygen atoms in total. The molecule has 3 rings (SSSR count). The number of carboxylic acid groups (broad SMARTS) is 1. The van der Waals surface area contributed by atoms with E-state index in [0.717, 1.165) is 0 Å². The van der Waals surface area contributed by atoms with E-state index < -0.39 is 11.9 Å². The van der Waals surface area contributed by atoms with Gasteiger partial charge in [0.15, 0.2) is 0 Å². The molecule has 7 heteroatoms. The summed E-state index contributed by atoms with van der Waals surface area (Å²) in [5.74, 6) is -1.59. The van der Waals surface area contributed by atoms with Gasteiger partial charge in [0.05, 0.1) is 5.56 Å². The van der Waals surface area contributed by atoms with Crippen molar-refractivity contribution in [3.63, 3.8) is 0 Å². The van der Waals surface area contributed by atoms with Crippen molar-refractivity contribution in [2.45, 2.75) is 0 Å². The summed E-state index contributed by atoms with van der Waals surface area (Å²) in [5.41, 5.74) is 7.72. The van der Waals surface area contributed by atoms with Crippen molar-refractivity contribution >= 4 is 35.0 Å². The quantitative estimate of drug-likeness (QED) is 0.383. The van der Waals surface area contributed by atoms with Crippen LogP contribution < -0.4 is 11.1 Å². The van der Waals surface area contributed by atoms with Crippen LogP contribution in [-0.2, 0) is 0 Å². The standard InChI is InChI=1S/C21H16ClN3O3/c22-13-7-10-16(18(11-13)21(27)28)15-3-1-2-4-17(15)20(26)25-14-8-5-12(6-9-14)19(23)24/h1-11H,(H3,23,24)(H,25,26)(H,27,28). The lowest BCUT2D eigenvalue weighted by Gasteiger charge is -2.13. The number of nitrogens with one attached hydrogen (secondary N) is 2. The van der Waals surface area contributed by atoms with Crippen molar-refractivity contribution in [1.29, 1.82) is 5.41 Å². The van der Waals surface area contributed by atoms with E-state index in [9.17, 15) is 14.7 Å². The number of carbonyl (C=O) groups is 2. The van der Waals surface area contributed by atoms with Crippen LogP contribution in [0.2, 0.25) is 5.02 Å². The maximum atomic E-state index is 12.8. The maximum Gasteiger partial charge on any atom is 0.336 e. The van der Waals surface area contributed by atoms with Gasteiger partial charge in [0.2, 0.25) is 0 Å². The van der Waals surface area contributed by atoms with Gasteiger partial charge in [-0.3, -0.25) is 10.2 Å². The van der Waals surface area contributed by atoms with Gasteiger partial charge >= 0.3 is 5.97 Å². The van der Waals surface area contributed by atoms with Crippen LogP contribution in [0.5, 0.6) is 0 Å². The fraction of sp³-hybridized carbons (Fsp3) is 0. The summed E-state index contributed by atoms with van der Waals surface area (Å²) in [6, 6.07) is 17.8. The number of hydrogen-bond donors (Lipinski definition) is 4. The summed E-state index contributed by atoms with van der Waals surface area (Å²) in [5, 5.41) is 20.0. The lowest BCUT2D eigenvalue weighted by molar-refractivity contribution is 0.0697. The molecular weight excluding hydrogens is 378 g/mol. The van der Waals surface area contributed by atoms with Crippen LogP contribution in [0.1, 0.15) is 26.3 Å². The number of benzene rings is 3. The highest BCUT2D eigenvalue weighted by Gasteiger charge is 2.18. The minimum absolute atomic E-state index is 0.0126. The summed E-state index contributed by atoms with van der Waals surface area (Å²) in [6.07, 6.45) is 0. The van der Waals surface area contributed by atoms with Crippen molar-refractivity contribution in [3.05, 3.63) is 88.4 Å². The summed E-state index contributed by atoms with van der Waals surface area (Å²) in [6.45, 7) is 0. The second kappa shape index (κ2) is 7.94. The van der Waals surface area contributed by atoms with Crippen molar-refractivity contribution in [2.75, 3.05) is 5.32 Å². The zero-order valence-electron chi connectivity index (χ0n) is 14.6. The Morgan fingerprint density at radius 1 is 0.929 bits per heavy atom. The molecule has 5 N–H and O–H groups in total. The maximum absolute atomic E-state index is 12.8. The van der Waals surface area contributed by atoms with Gasteiger partial charge in [-0.25, -0.2) is 4.79 Å². The van der Waals surface area contributed by atoms with Crippen molar-refractivity contribution in [1.82, 2.24) is 0 Å². The van der Waals surface area contributed by atoms with Crippen LogP contribution in [0.25, 0.3) is 11.1 Å². The largest absolute Gasteiger partial charge is 0.478 e. The fourth-order valence-electron chi connectivity index (χ4n) is 2.78. The highest BCUT2D eigenvalue weighted by Crippen LogP contribution is 2.30. The summed E-state index contributed by atoms with van der Waals surface area (Å²) >= 11 is 5.93. The molecule has 0 fully saturated rings. The Morgan fingerprint density at radius 2 is 1.57 bits per heavy atom. The summed E-state index contributed by atoms with van der Waals surface area (Å²) in [7, 11) is 0. The Morgan fingerprint density at radius 3 is 2.21 bits per heavy atom. The van der Waals surface area contributed by atoms with Gasteiger partial charge in [-0.15, -0.1) is 0 Å². The van der Waals surface area contributed by atoms with Gasteiger partial charge < -0.3 is 16.2 Å². The number of aromatic carboxylic acids is 1. The Kier molecular flexibility index (Phi) is 5.42. The monoisotopic (exact) mass is 393 g/mol. The first-order valence-corrected chi connectivity index (χ1v) is 8.62. The minimum atomic E-state index is -1.13. The molecule has 0 aliphatic heterocycles. The molecule has 0 aliphatic carbocycles. The molecule has 0 saturated carbocycles. The van der Waals surface area contributed by atoms with E-state index in [1.807, 2.05) is 0 Å². The van der Waals surface area contributed by atoms with Crippen LogP contribution in [0, 0.1) is 5.41 Å². The van der Waals surface area contributed by atoms with Gasteiger partial charge in [0.25, 0.3) is 5.91 Å². The Balaban J connectivity index is 1.98. The SMILES string of the molecule is N=C(N)c1ccc(NC(=O)c2ccccc2-c2ccc(Cl)cc2C(=O)O)cc1. The average Bonchev–Trinajstić information content (AvgIpc) is 2.68. The van der Waals surface area contributed by atoms with Crippen molar-refractivity contribution in [3.8, 4) is 11.1 Å². The van der Waals surface area contributed by atoms with Crippen LogP contribution in [0.4, 0.5) is 5.69 Å². The van der Waals surface area contributed by atoms with Gasteiger partial charge in [-0.05, 0) is 53.6 Å². The van der Waals surface area contributed by atoms with Gasteiger partial charge in [0.1, 0.15) is 5.84 Å². The molecule has 0 aromatic heterocycles. The number of halogens is 1. The van der Waals surface area contributed by atoms with E-state index in [-0.39, 0.29) is 11.4 Å². The normalized spacial score (nSPS) is 10.3. The highest BCUT2D eigenvalue weighted by atomic mass is 35.5. The predicted molar refractivity (Wildman–Crippen MR) is 109 cm³/mol. The van der Waals surface area contributed by atoms with E-state index in [1.165, 1.54) is 6.07 Å². The molecule has 0 saturated heterocycles. The molecule has 1 amide bonds. The zero-order valence-corrected chi connectivity index (χ0v) is 15.3. The molecule has 0 spiro atoms. The molecular formula is C21H16ClN3O3. The Bertz CT molecular complexity index is 1080. The average molecular weight is 394 g/mol. The highest BCUT2D eigenvalue weighted by molar-refractivity contribution is 6.31. The number of carbonyl (C=O) groups excluding carboxylic acids is 1. The number of amides is 1. The third kappa shape index (κ3) is 4.02. The van der Waals surface area contributed by atoms with Crippen LogP contribution in [0.15, 0.2) is 66.7 Å². The molecule has 3 aromatic carbocycles. The van der Waals surface area contributed by atoms with E-state index in [0.29, 0.717) is 33.0 Å². The lowest BCUT2D eigenvalue weighted by atomic mass is 9.95. The molecule has 28 heavy (non-hydrogen) atoms. The summed E-state index contributed by atoms with van der Waals surface area (Å²) < 4.78 is 0. The first-order valence-electron chi connectivity index (χ1n) is 8.25. The second-order valence-electron chi connectivity index (χ2n) is 5.99. The fourth-order valence-corrected chi connectivity index (χ4v) is 2.95. The molecule has 140 valence electrons. The van der Waals surface area contributed by atoms with E-state index in [4.69, 9.17) is 22.7 Å². The number of hydrogen-bond acceptors (Lipinski definition) is 3.